The zero-order valence-corrected chi connectivity index (χ0v) is 11.5. The van der Waals surface area contributed by atoms with Crippen molar-refractivity contribution in [1.29, 1.82) is 0 Å². The number of nitrogen functional groups attached to an aromatic ring is 1. The van der Waals surface area contributed by atoms with Crippen molar-refractivity contribution in [2.45, 2.75) is 33.6 Å². The van der Waals surface area contributed by atoms with E-state index < -0.39 is 0 Å². The van der Waals surface area contributed by atoms with Crippen LogP contribution in [0.2, 0.25) is 5.02 Å². The molecule has 2 heterocycles. The molecule has 2 N–H and O–H groups in total. The monoisotopic (exact) mass is 265 g/mol. The summed E-state index contributed by atoms with van der Waals surface area (Å²) >= 11 is 6.13. The van der Waals surface area contributed by atoms with E-state index in [1.54, 1.807) is 10.7 Å². The normalized spacial score (nSPS) is 10.9. The summed E-state index contributed by atoms with van der Waals surface area (Å²) in [4.78, 5) is 8.66. The lowest BCUT2D eigenvalue weighted by atomic mass is 10.3. The first-order chi connectivity index (χ1) is 8.52. The lowest BCUT2D eigenvalue weighted by Crippen LogP contribution is -2.08. The van der Waals surface area contributed by atoms with Crippen LogP contribution in [-0.4, -0.2) is 19.7 Å². The summed E-state index contributed by atoms with van der Waals surface area (Å²) in [6.07, 6.45) is 1.77. The Balaban J connectivity index is 2.52. The Labute approximate surface area is 111 Å². The molecule has 2 aromatic rings. The predicted molar refractivity (Wildman–Crippen MR) is 72.0 cm³/mol. The molecule has 0 spiro atoms. The van der Waals surface area contributed by atoms with Gasteiger partial charge in [0.1, 0.15) is 11.6 Å². The van der Waals surface area contributed by atoms with Crippen LogP contribution in [0.3, 0.4) is 0 Å². The van der Waals surface area contributed by atoms with E-state index in [-0.39, 0.29) is 0 Å². The van der Waals surface area contributed by atoms with Crippen LogP contribution in [0.15, 0.2) is 6.07 Å². The molecule has 18 heavy (non-hydrogen) atoms. The Morgan fingerprint density at radius 2 is 2.06 bits per heavy atom. The molecule has 0 aliphatic heterocycles. The van der Waals surface area contributed by atoms with Crippen LogP contribution < -0.4 is 5.73 Å². The average Bonchev–Trinajstić information content (AvgIpc) is 2.57. The SMILES string of the molecule is CCCc1nc(N)cc(-n2nc(C)c(Cl)c2C)n1. The largest absolute Gasteiger partial charge is 0.384 e. The number of anilines is 1. The van der Waals surface area contributed by atoms with Crippen LogP contribution in [0.25, 0.3) is 5.82 Å². The number of nitrogens with two attached hydrogens (primary N) is 1. The van der Waals surface area contributed by atoms with Gasteiger partial charge in [0.25, 0.3) is 0 Å². The molecule has 0 bridgehead atoms. The van der Waals surface area contributed by atoms with Crippen molar-refractivity contribution in [1.82, 2.24) is 19.7 Å². The zero-order valence-electron chi connectivity index (χ0n) is 10.7. The lowest BCUT2D eigenvalue weighted by Gasteiger charge is -2.06. The van der Waals surface area contributed by atoms with Gasteiger partial charge in [-0.3, -0.25) is 0 Å². The molecule has 5 nitrogen and oxygen atoms in total. The first-order valence-electron chi connectivity index (χ1n) is 5.88. The predicted octanol–water partition coefficient (Wildman–Crippen LogP) is 2.47. The first kappa shape index (κ1) is 12.8. The molecule has 2 aromatic heterocycles. The van der Waals surface area contributed by atoms with Gasteiger partial charge >= 0.3 is 0 Å². The molecule has 0 fully saturated rings. The van der Waals surface area contributed by atoms with E-state index in [4.69, 9.17) is 17.3 Å². The molecule has 0 aliphatic rings. The van der Waals surface area contributed by atoms with Gasteiger partial charge in [0, 0.05) is 12.5 Å². The molecule has 0 unspecified atom stereocenters. The van der Waals surface area contributed by atoms with Crippen LogP contribution in [0.5, 0.6) is 0 Å². The van der Waals surface area contributed by atoms with E-state index in [0.29, 0.717) is 16.7 Å². The van der Waals surface area contributed by atoms with E-state index in [1.807, 2.05) is 13.8 Å². The number of aromatic nitrogens is 4. The van der Waals surface area contributed by atoms with Gasteiger partial charge < -0.3 is 5.73 Å². The molecule has 0 atom stereocenters. The Hall–Kier alpha value is -1.62. The fraction of sp³-hybridized carbons (Fsp3) is 0.417. The van der Waals surface area contributed by atoms with Gasteiger partial charge in [-0.05, 0) is 20.3 Å². The molecular formula is C12H16ClN5. The molecule has 6 heteroatoms. The summed E-state index contributed by atoms with van der Waals surface area (Å²) in [6.45, 7) is 5.84. The number of aryl methyl sites for hydroxylation is 2. The Morgan fingerprint density at radius 1 is 1.33 bits per heavy atom. The summed E-state index contributed by atoms with van der Waals surface area (Å²) in [6, 6.07) is 1.70. The summed E-state index contributed by atoms with van der Waals surface area (Å²) in [5.74, 6) is 1.85. The van der Waals surface area contributed by atoms with Gasteiger partial charge in [0.05, 0.1) is 16.4 Å². The second-order valence-electron chi connectivity index (χ2n) is 4.21. The number of halogens is 1. The lowest BCUT2D eigenvalue weighted by molar-refractivity contribution is 0.768. The van der Waals surface area contributed by atoms with Crippen LogP contribution in [0.1, 0.15) is 30.6 Å². The fourth-order valence-corrected chi connectivity index (χ4v) is 1.91. The van der Waals surface area contributed by atoms with E-state index >= 15 is 0 Å². The Bertz CT molecular complexity index is 576. The highest BCUT2D eigenvalue weighted by molar-refractivity contribution is 6.31. The zero-order chi connectivity index (χ0) is 13.3. The highest BCUT2D eigenvalue weighted by Gasteiger charge is 2.13. The Morgan fingerprint density at radius 3 is 2.61 bits per heavy atom. The summed E-state index contributed by atoms with van der Waals surface area (Å²) in [7, 11) is 0. The van der Waals surface area contributed by atoms with E-state index in [1.165, 1.54) is 0 Å². The van der Waals surface area contributed by atoms with E-state index in [2.05, 4.69) is 22.0 Å². The van der Waals surface area contributed by atoms with Gasteiger partial charge in [-0.2, -0.15) is 5.10 Å². The average molecular weight is 266 g/mol. The quantitative estimate of drug-likeness (QED) is 0.926. The highest BCUT2D eigenvalue weighted by Crippen LogP contribution is 2.22. The maximum Gasteiger partial charge on any atom is 0.159 e. The molecule has 0 radical (unpaired) electrons. The highest BCUT2D eigenvalue weighted by atomic mass is 35.5. The van der Waals surface area contributed by atoms with Crippen LogP contribution in [0, 0.1) is 13.8 Å². The number of hydrogen-bond acceptors (Lipinski definition) is 4. The van der Waals surface area contributed by atoms with Crippen molar-refractivity contribution in [3.63, 3.8) is 0 Å². The maximum atomic E-state index is 6.13. The molecule has 0 aromatic carbocycles. The van der Waals surface area contributed by atoms with Crippen molar-refractivity contribution >= 4 is 17.4 Å². The van der Waals surface area contributed by atoms with Gasteiger partial charge in [-0.25, -0.2) is 14.6 Å². The van der Waals surface area contributed by atoms with Gasteiger partial charge in [0.15, 0.2) is 5.82 Å². The molecule has 0 saturated heterocycles. The smallest absolute Gasteiger partial charge is 0.159 e. The third kappa shape index (κ3) is 2.31. The number of hydrogen-bond donors (Lipinski definition) is 1. The molecule has 0 aliphatic carbocycles. The topological polar surface area (TPSA) is 69.6 Å². The van der Waals surface area contributed by atoms with Crippen LogP contribution in [0.4, 0.5) is 5.82 Å². The van der Waals surface area contributed by atoms with Crippen molar-refractivity contribution < 1.29 is 0 Å². The standard InChI is InChI=1S/C12H16ClN5/c1-4-5-10-15-9(14)6-11(16-10)18-8(3)12(13)7(2)17-18/h6H,4-5H2,1-3H3,(H2,14,15,16). The first-order valence-corrected chi connectivity index (χ1v) is 6.26. The van der Waals surface area contributed by atoms with Crippen molar-refractivity contribution in [2.75, 3.05) is 5.73 Å². The van der Waals surface area contributed by atoms with Crippen molar-refractivity contribution in [2.24, 2.45) is 0 Å². The van der Waals surface area contributed by atoms with Crippen molar-refractivity contribution in [3.8, 4) is 5.82 Å². The second-order valence-corrected chi connectivity index (χ2v) is 4.59. The van der Waals surface area contributed by atoms with Crippen molar-refractivity contribution in [3.05, 3.63) is 28.3 Å². The summed E-state index contributed by atoms with van der Waals surface area (Å²) in [5.41, 5.74) is 7.43. The number of nitrogens with zero attached hydrogens (tertiary/aromatic N) is 4. The number of rotatable bonds is 3. The van der Waals surface area contributed by atoms with E-state index in [0.717, 1.165) is 30.1 Å². The van der Waals surface area contributed by atoms with Gasteiger partial charge in [-0.1, -0.05) is 18.5 Å². The minimum Gasteiger partial charge on any atom is -0.384 e. The summed E-state index contributed by atoms with van der Waals surface area (Å²) < 4.78 is 1.70. The van der Waals surface area contributed by atoms with Crippen LogP contribution in [-0.2, 0) is 6.42 Å². The second kappa shape index (κ2) is 4.94. The minimum absolute atomic E-state index is 0.451. The molecular weight excluding hydrogens is 250 g/mol. The molecule has 0 amide bonds. The molecule has 2 rings (SSSR count). The fourth-order valence-electron chi connectivity index (χ4n) is 1.79. The Kier molecular flexibility index (Phi) is 3.52. The molecule has 0 saturated carbocycles. The third-order valence-corrected chi connectivity index (χ3v) is 3.22. The van der Waals surface area contributed by atoms with Gasteiger partial charge in [-0.15, -0.1) is 0 Å². The maximum absolute atomic E-state index is 6.13. The van der Waals surface area contributed by atoms with E-state index in [9.17, 15) is 0 Å². The van der Waals surface area contributed by atoms with Crippen LogP contribution >= 0.6 is 11.6 Å². The van der Waals surface area contributed by atoms with Gasteiger partial charge in [0.2, 0.25) is 0 Å². The minimum atomic E-state index is 0.451. The summed E-state index contributed by atoms with van der Waals surface area (Å²) in [5, 5.41) is 5.02. The molecule has 96 valence electrons. The third-order valence-electron chi connectivity index (χ3n) is 2.67.